The number of hydrogen-bond donors (Lipinski definition) is 1. The van der Waals surface area contributed by atoms with Crippen molar-refractivity contribution in [1.82, 2.24) is 0 Å². The molecule has 114 valence electrons. The minimum atomic E-state index is -1.22. The molecular weight excluding hydrogens is 300 g/mol. The quantitative estimate of drug-likeness (QED) is 0.454. The Morgan fingerprint density at radius 1 is 0.957 bits per heavy atom. The molecule has 2 aromatic carbocycles. The van der Waals surface area contributed by atoms with Crippen molar-refractivity contribution < 1.29 is 23.8 Å². The number of fused-ring (bicyclic) bond motifs is 1. The van der Waals surface area contributed by atoms with Crippen LogP contribution in [-0.2, 0) is 0 Å². The van der Waals surface area contributed by atoms with E-state index in [9.17, 15) is 14.4 Å². The predicted molar refractivity (Wildman–Crippen MR) is 80.8 cm³/mol. The third-order valence-corrected chi connectivity index (χ3v) is 3.18. The molecule has 1 heterocycles. The highest BCUT2D eigenvalue weighted by Gasteiger charge is 2.17. The van der Waals surface area contributed by atoms with Gasteiger partial charge in [-0.2, -0.15) is 0 Å². The van der Waals surface area contributed by atoms with Crippen LogP contribution in [0.3, 0.4) is 0 Å². The molecule has 0 bridgehead atoms. The van der Waals surface area contributed by atoms with Crippen LogP contribution in [-0.4, -0.2) is 17.0 Å². The number of aromatic carboxylic acids is 1. The summed E-state index contributed by atoms with van der Waals surface area (Å²) >= 11 is 0. The average Bonchev–Trinajstić information content (AvgIpc) is 2.54. The van der Waals surface area contributed by atoms with Crippen LogP contribution in [0.15, 0.2) is 63.8 Å². The van der Waals surface area contributed by atoms with Crippen LogP contribution in [0.5, 0.6) is 5.75 Å². The Balaban J connectivity index is 1.94. The van der Waals surface area contributed by atoms with Crippen molar-refractivity contribution in [2.75, 3.05) is 0 Å². The number of carbonyl (C=O) groups is 2. The van der Waals surface area contributed by atoms with Gasteiger partial charge in [0.1, 0.15) is 11.3 Å². The molecule has 0 fully saturated rings. The number of esters is 1. The Bertz CT molecular complexity index is 970. The van der Waals surface area contributed by atoms with Gasteiger partial charge in [0.15, 0.2) is 0 Å². The van der Waals surface area contributed by atoms with Gasteiger partial charge in [-0.05, 0) is 30.3 Å². The van der Waals surface area contributed by atoms with Gasteiger partial charge in [0.05, 0.1) is 11.1 Å². The number of hydrogen-bond acceptors (Lipinski definition) is 5. The molecule has 0 spiro atoms. The molecule has 0 saturated carbocycles. The zero-order valence-electron chi connectivity index (χ0n) is 11.7. The Morgan fingerprint density at radius 2 is 1.65 bits per heavy atom. The number of benzene rings is 2. The molecule has 0 aliphatic heterocycles. The first-order chi connectivity index (χ1) is 11.0. The van der Waals surface area contributed by atoms with E-state index in [2.05, 4.69) is 0 Å². The Morgan fingerprint density at radius 3 is 2.39 bits per heavy atom. The SMILES string of the molecule is O=C(O)c1ccccc1C(=O)Oc1ccc2ccc(=O)oc2c1. The number of rotatable bonds is 3. The molecule has 23 heavy (non-hydrogen) atoms. The summed E-state index contributed by atoms with van der Waals surface area (Å²) < 4.78 is 10.2. The highest BCUT2D eigenvalue weighted by atomic mass is 16.5. The average molecular weight is 310 g/mol. The van der Waals surface area contributed by atoms with E-state index in [4.69, 9.17) is 14.3 Å². The Labute approximate surface area is 129 Å². The topological polar surface area (TPSA) is 93.8 Å². The lowest BCUT2D eigenvalue weighted by Gasteiger charge is -2.07. The second-order valence-electron chi connectivity index (χ2n) is 4.69. The lowest BCUT2D eigenvalue weighted by molar-refractivity contribution is 0.0668. The monoisotopic (exact) mass is 310 g/mol. The molecule has 3 rings (SSSR count). The summed E-state index contributed by atoms with van der Waals surface area (Å²) in [5.74, 6) is -1.88. The molecule has 0 atom stereocenters. The highest BCUT2D eigenvalue weighted by Crippen LogP contribution is 2.21. The normalized spacial score (nSPS) is 10.4. The Hall–Kier alpha value is -3.41. The lowest BCUT2D eigenvalue weighted by atomic mass is 10.1. The van der Waals surface area contributed by atoms with E-state index in [1.807, 2.05) is 0 Å². The van der Waals surface area contributed by atoms with Gasteiger partial charge in [-0.15, -0.1) is 0 Å². The standard InChI is InChI=1S/C17H10O6/c18-15-8-6-10-5-7-11(9-14(10)23-15)22-17(21)13-4-2-1-3-12(13)16(19)20/h1-9H,(H,19,20). The fourth-order valence-electron chi connectivity index (χ4n) is 2.11. The van der Waals surface area contributed by atoms with Crippen molar-refractivity contribution in [3.63, 3.8) is 0 Å². The molecule has 6 nitrogen and oxygen atoms in total. The minimum absolute atomic E-state index is 0.0605. The molecule has 0 aliphatic rings. The van der Waals surface area contributed by atoms with E-state index in [1.54, 1.807) is 18.2 Å². The van der Waals surface area contributed by atoms with E-state index in [0.29, 0.717) is 5.39 Å². The van der Waals surface area contributed by atoms with Gasteiger partial charge in [-0.25, -0.2) is 14.4 Å². The smallest absolute Gasteiger partial charge is 0.344 e. The van der Waals surface area contributed by atoms with Crippen molar-refractivity contribution in [2.24, 2.45) is 0 Å². The van der Waals surface area contributed by atoms with Crippen molar-refractivity contribution in [3.05, 3.63) is 76.1 Å². The summed E-state index contributed by atoms with van der Waals surface area (Å²) in [6.07, 6.45) is 0. The molecule has 3 aromatic rings. The summed E-state index contributed by atoms with van der Waals surface area (Å²) in [5.41, 5.74) is -0.453. The molecule has 1 aromatic heterocycles. The molecule has 6 heteroatoms. The largest absolute Gasteiger partial charge is 0.478 e. The second kappa shape index (κ2) is 5.76. The van der Waals surface area contributed by atoms with E-state index in [-0.39, 0.29) is 22.5 Å². The third kappa shape index (κ3) is 2.96. The van der Waals surface area contributed by atoms with E-state index in [0.717, 1.165) is 0 Å². The zero-order valence-corrected chi connectivity index (χ0v) is 11.7. The highest BCUT2D eigenvalue weighted by molar-refractivity contribution is 6.03. The van der Waals surface area contributed by atoms with Crippen molar-refractivity contribution in [1.29, 1.82) is 0 Å². The number of carbonyl (C=O) groups excluding carboxylic acids is 1. The van der Waals surface area contributed by atoms with Crippen LogP contribution in [0.1, 0.15) is 20.7 Å². The van der Waals surface area contributed by atoms with Crippen LogP contribution in [0.25, 0.3) is 11.0 Å². The minimum Gasteiger partial charge on any atom is -0.478 e. The summed E-state index contributed by atoms with van der Waals surface area (Å²) in [5, 5.41) is 9.77. The predicted octanol–water partition coefficient (Wildman–Crippen LogP) is 2.71. The van der Waals surface area contributed by atoms with Gasteiger partial charge < -0.3 is 14.3 Å². The van der Waals surface area contributed by atoms with Crippen molar-refractivity contribution in [3.8, 4) is 5.75 Å². The van der Waals surface area contributed by atoms with Crippen LogP contribution in [0.2, 0.25) is 0 Å². The van der Waals surface area contributed by atoms with Crippen LogP contribution >= 0.6 is 0 Å². The van der Waals surface area contributed by atoms with Crippen molar-refractivity contribution >= 4 is 22.9 Å². The van der Waals surface area contributed by atoms with Gasteiger partial charge in [0, 0.05) is 17.5 Å². The van der Waals surface area contributed by atoms with Crippen LogP contribution in [0, 0.1) is 0 Å². The summed E-state index contributed by atoms with van der Waals surface area (Å²) in [6.45, 7) is 0. The Kier molecular flexibility index (Phi) is 3.64. The number of ether oxygens (including phenoxy) is 1. The first kappa shape index (κ1) is 14.5. The lowest BCUT2D eigenvalue weighted by Crippen LogP contribution is -2.14. The summed E-state index contributed by atoms with van der Waals surface area (Å²) in [7, 11) is 0. The van der Waals surface area contributed by atoms with Crippen LogP contribution < -0.4 is 10.4 Å². The molecule has 0 amide bonds. The van der Waals surface area contributed by atoms with Gasteiger partial charge in [0.25, 0.3) is 0 Å². The number of carboxylic acid groups (broad SMARTS) is 1. The summed E-state index contributed by atoms with van der Waals surface area (Å²) in [6, 6.07) is 13.2. The van der Waals surface area contributed by atoms with Gasteiger partial charge >= 0.3 is 17.6 Å². The molecular formula is C17H10O6. The first-order valence-electron chi connectivity index (χ1n) is 6.63. The molecule has 0 unspecified atom stereocenters. The first-order valence-corrected chi connectivity index (χ1v) is 6.63. The fraction of sp³-hybridized carbons (Fsp3) is 0. The zero-order chi connectivity index (χ0) is 16.4. The van der Waals surface area contributed by atoms with E-state index in [1.165, 1.54) is 36.4 Å². The van der Waals surface area contributed by atoms with Crippen LogP contribution in [0.4, 0.5) is 0 Å². The van der Waals surface area contributed by atoms with E-state index >= 15 is 0 Å². The molecule has 1 N–H and O–H groups in total. The number of carboxylic acids is 1. The van der Waals surface area contributed by atoms with Crippen molar-refractivity contribution in [2.45, 2.75) is 0 Å². The van der Waals surface area contributed by atoms with Gasteiger partial charge in [-0.1, -0.05) is 12.1 Å². The maximum atomic E-state index is 12.2. The fourth-order valence-corrected chi connectivity index (χ4v) is 2.11. The summed E-state index contributed by atoms with van der Waals surface area (Å²) in [4.78, 5) is 34.5. The maximum absolute atomic E-state index is 12.2. The molecule has 0 saturated heterocycles. The molecule has 0 radical (unpaired) electrons. The van der Waals surface area contributed by atoms with E-state index < -0.39 is 17.6 Å². The third-order valence-electron chi connectivity index (χ3n) is 3.18. The maximum Gasteiger partial charge on any atom is 0.344 e. The van der Waals surface area contributed by atoms with Gasteiger partial charge in [0.2, 0.25) is 0 Å². The second-order valence-corrected chi connectivity index (χ2v) is 4.69. The molecule has 0 aliphatic carbocycles. The van der Waals surface area contributed by atoms with Gasteiger partial charge in [-0.3, -0.25) is 0 Å².